The zero-order valence-corrected chi connectivity index (χ0v) is 13.8. The molecule has 3 nitrogen and oxygen atoms in total. The van der Waals surface area contributed by atoms with Crippen LogP contribution in [0, 0.1) is 18.3 Å². The lowest BCUT2D eigenvalue weighted by Gasteiger charge is -2.36. The molecule has 0 radical (unpaired) electrons. The summed E-state index contributed by atoms with van der Waals surface area (Å²) in [5, 5.41) is 6.60. The van der Waals surface area contributed by atoms with Crippen LogP contribution < -0.4 is 10.6 Å². The summed E-state index contributed by atoms with van der Waals surface area (Å²) in [6.45, 7) is 10.4. The average Bonchev–Trinajstić information content (AvgIpc) is 2.86. The molecule has 1 aromatic heterocycles. The first-order chi connectivity index (χ1) is 9.41. The van der Waals surface area contributed by atoms with Crippen LogP contribution in [-0.2, 0) is 4.79 Å². The summed E-state index contributed by atoms with van der Waals surface area (Å²) < 4.78 is 0. The highest BCUT2D eigenvalue weighted by Crippen LogP contribution is 2.33. The van der Waals surface area contributed by atoms with Crippen molar-refractivity contribution in [2.75, 3.05) is 13.1 Å². The number of rotatable bonds is 4. The molecule has 1 amide bonds. The molecule has 2 atom stereocenters. The van der Waals surface area contributed by atoms with Gasteiger partial charge in [-0.05, 0) is 57.8 Å². The van der Waals surface area contributed by atoms with Crippen LogP contribution in [0.2, 0.25) is 0 Å². The van der Waals surface area contributed by atoms with Crippen molar-refractivity contribution < 1.29 is 4.79 Å². The summed E-state index contributed by atoms with van der Waals surface area (Å²) in [6, 6.07) is 4.32. The molecular weight excluding hydrogens is 268 g/mol. The van der Waals surface area contributed by atoms with E-state index < -0.39 is 0 Å². The minimum Gasteiger partial charge on any atom is -0.348 e. The zero-order chi connectivity index (χ0) is 14.8. The van der Waals surface area contributed by atoms with Crippen molar-refractivity contribution in [3.63, 3.8) is 0 Å². The summed E-state index contributed by atoms with van der Waals surface area (Å²) >= 11 is 1.76. The topological polar surface area (TPSA) is 41.1 Å². The normalized spacial score (nSPS) is 21.5. The molecule has 1 saturated heterocycles. The second-order valence-electron chi connectivity index (χ2n) is 6.41. The van der Waals surface area contributed by atoms with Gasteiger partial charge in [-0.3, -0.25) is 4.79 Å². The Hall–Kier alpha value is -0.870. The van der Waals surface area contributed by atoms with Crippen molar-refractivity contribution in [3.8, 4) is 0 Å². The number of amides is 1. The van der Waals surface area contributed by atoms with Gasteiger partial charge in [0.1, 0.15) is 0 Å². The molecule has 2 rings (SSSR count). The Labute approximate surface area is 126 Å². The lowest BCUT2D eigenvalue weighted by atomic mass is 9.74. The third-order valence-electron chi connectivity index (χ3n) is 4.44. The Morgan fingerprint density at radius 1 is 1.50 bits per heavy atom. The van der Waals surface area contributed by atoms with E-state index in [0.29, 0.717) is 5.92 Å². The Kier molecular flexibility index (Phi) is 4.86. The van der Waals surface area contributed by atoms with E-state index in [9.17, 15) is 4.79 Å². The van der Waals surface area contributed by atoms with Crippen molar-refractivity contribution in [2.45, 2.75) is 46.6 Å². The highest BCUT2D eigenvalue weighted by Gasteiger charge is 2.37. The average molecular weight is 294 g/mol. The highest BCUT2D eigenvalue weighted by molar-refractivity contribution is 7.12. The van der Waals surface area contributed by atoms with Crippen LogP contribution in [0.4, 0.5) is 0 Å². The SMILES string of the molecule is Cc1ccc(C(C)NC(=O)C(C)(C)C2CCCNC2)s1. The van der Waals surface area contributed by atoms with Crippen molar-refractivity contribution >= 4 is 17.2 Å². The molecule has 0 bridgehead atoms. The van der Waals surface area contributed by atoms with Gasteiger partial charge in [-0.2, -0.15) is 0 Å². The Morgan fingerprint density at radius 2 is 2.25 bits per heavy atom. The fourth-order valence-electron chi connectivity index (χ4n) is 2.79. The molecule has 0 aliphatic carbocycles. The molecule has 20 heavy (non-hydrogen) atoms. The van der Waals surface area contributed by atoms with E-state index in [2.05, 4.69) is 50.5 Å². The van der Waals surface area contributed by atoms with Gasteiger partial charge >= 0.3 is 0 Å². The van der Waals surface area contributed by atoms with Crippen LogP contribution in [0.5, 0.6) is 0 Å². The van der Waals surface area contributed by atoms with E-state index in [1.807, 2.05) is 0 Å². The van der Waals surface area contributed by atoms with E-state index >= 15 is 0 Å². The molecule has 1 aliphatic rings. The van der Waals surface area contributed by atoms with E-state index in [1.54, 1.807) is 11.3 Å². The second-order valence-corrected chi connectivity index (χ2v) is 7.73. The molecule has 0 saturated carbocycles. The van der Waals surface area contributed by atoms with Crippen LogP contribution in [0.3, 0.4) is 0 Å². The highest BCUT2D eigenvalue weighted by atomic mass is 32.1. The molecule has 2 N–H and O–H groups in total. The second kappa shape index (κ2) is 6.27. The van der Waals surface area contributed by atoms with Gasteiger partial charge in [0.05, 0.1) is 6.04 Å². The van der Waals surface area contributed by atoms with Gasteiger partial charge in [0.2, 0.25) is 5.91 Å². The van der Waals surface area contributed by atoms with Gasteiger partial charge < -0.3 is 10.6 Å². The maximum absolute atomic E-state index is 12.6. The maximum Gasteiger partial charge on any atom is 0.226 e. The third-order valence-corrected chi connectivity index (χ3v) is 5.62. The van der Waals surface area contributed by atoms with Gasteiger partial charge in [-0.15, -0.1) is 11.3 Å². The number of carbonyl (C=O) groups is 1. The van der Waals surface area contributed by atoms with Crippen LogP contribution >= 0.6 is 11.3 Å². The summed E-state index contributed by atoms with van der Waals surface area (Å²) in [7, 11) is 0. The van der Waals surface area contributed by atoms with Crippen molar-refractivity contribution in [1.29, 1.82) is 0 Å². The number of hydrogen-bond donors (Lipinski definition) is 2. The maximum atomic E-state index is 12.6. The van der Waals surface area contributed by atoms with Gasteiger partial charge in [-0.25, -0.2) is 0 Å². The van der Waals surface area contributed by atoms with E-state index in [4.69, 9.17) is 0 Å². The largest absolute Gasteiger partial charge is 0.348 e. The molecule has 1 aliphatic heterocycles. The predicted molar refractivity (Wildman–Crippen MR) is 85.0 cm³/mol. The summed E-state index contributed by atoms with van der Waals surface area (Å²) in [5.74, 6) is 0.596. The van der Waals surface area contributed by atoms with Gasteiger partial charge in [0, 0.05) is 15.2 Å². The van der Waals surface area contributed by atoms with Crippen LogP contribution in [0.1, 0.15) is 49.4 Å². The molecule has 1 fully saturated rings. The molecule has 112 valence electrons. The van der Waals surface area contributed by atoms with Gasteiger partial charge in [0.15, 0.2) is 0 Å². The number of thiophene rings is 1. The molecular formula is C16H26N2OS. The first kappa shape index (κ1) is 15.5. The third kappa shape index (κ3) is 3.41. The number of carbonyl (C=O) groups excluding carboxylic acids is 1. The fraction of sp³-hybridized carbons (Fsp3) is 0.688. The van der Waals surface area contributed by atoms with Crippen LogP contribution in [0.25, 0.3) is 0 Å². The van der Waals surface area contributed by atoms with E-state index in [1.165, 1.54) is 16.2 Å². The summed E-state index contributed by atoms with van der Waals surface area (Å²) in [5.41, 5.74) is -0.312. The van der Waals surface area contributed by atoms with Gasteiger partial charge in [0.25, 0.3) is 0 Å². The lowest BCUT2D eigenvalue weighted by molar-refractivity contribution is -0.133. The van der Waals surface area contributed by atoms with Crippen LogP contribution in [0.15, 0.2) is 12.1 Å². The van der Waals surface area contributed by atoms with Crippen molar-refractivity contribution in [2.24, 2.45) is 11.3 Å². The molecule has 1 aromatic rings. The number of hydrogen-bond acceptors (Lipinski definition) is 3. The monoisotopic (exact) mass is 294 g/mol. The Bertz CT molecular complexity index is 461. The van der Waals surface area contributed by atoms with E-state index in [-0.39, 0.29) is 17.4 Å². The van der Waals surface area contributed by atoms with Crippen molar-refractivity contribution in [3.05, 3.63) is 21.9 Å². The summed E-state index contributed by atoms with van der Waals surface area (Å²) in [6.07, 6.45) is 2.31. The standard InChI is InChI=1S/C16H26N2OS/c1-11-7-8-14(20-11)12(2)18-15(19)16(3,4)13-6-5-9-17-10-13/h7-8,12-13,17H,5-6,9-10H2,1-4H3,(H,18,19). The quantitative estimate of drug-likeness (QED) is 0.895. The number of piperidine rings is 1. The summed E-state index contributed by atoms with van der Waals surface area (Å²) in [4.78, 5) is 15.1. The molecule has 0 spiro atoms. The lowest BCUT2D eigenvalue weighted by Crippen LogP contribution is -2.47. The molecule has 0 aromatic carbocycles. The van der Waals surface area contributed by atoms with Crippen LogP contribution in [-0.4, -0.2) is 19.0 Å². The molecule has 2 heterocycles. The van der Waals surface area contributed by atoms with Crippen molar-refractivity contribution in [1.82, 2.24) is 10.6 Å². The van der Waals surface area contributed by atoms with E-state index in [0.717, 1.165) is 19.5 Å². The Balaban J connectivity index is 1.99. The minimum absolute atomic E-state index is 0.0945. The smallest absolute Gasteiger partial charge is 0.226 e. The predicted octanol–water partition coefficient (Wildman–Crippen LogP) is 3.26. The fourth-order valence-corrected chi connectivity index (χ4v) is 3.67. The Morgan fingerprint density at radius 3 is 2.80 bits per heavy atom. The zero-order valence-electron chi connectivity index (χ0n) is 13.0. The minimum atomic E-state index is -0.312. The number of aryl methyl sites for hydroxylation is 1. The number of nitrogens with one attached hydrogen (secondary N) is 2. The molecule has 2 unspecified atom stereocenters. The van der Waals surface area contributed by atoms with Gasteiger partial charge in [-0.1, -0.05) is 13.8 Å². The molecule has 4 heteroatoms. The first-order valence-electron chi connectivity index (χ1n) is 7.49. The first-order valence-corrected chi connectivity index (χ1v) is 8.31.